The molecule has 17 heavy (non-hydrogen) atoms. The predicted molar refractivity (Wildman–Crippen MR) is 68.0 cm³/mol. The molecule has 1 aliphatic rings. The highest BCUT2D eigenvalue weighted by atomic mass is 32.2. The van der Waals surface area contributed by atoms with Crippen molar-refractivity contribution in [1.29, 1.82) is 5.41 Å². The molecule has 7 heteroatoms. The molecule has 1 heterocycles. The Kier molecular flexibility index (Phi) is 4.51. The Balaban J connectivity index is 2.82. The molecule has 0 saturated carbocycles. The van der Waals surface area contributed by atoms with E-state index in [1.165, 1.54) is 8.61 Å². The molecule has 1 fully saturated rings. The number of nitrogens with one attached hydrogen (secondary N) is 1. The van der Waals surface area contributed by atoms with Crippen molar-refractivity contribution in [2.75, 3.05) is 20.1 Å². The third-order valence-corrected chi connectivity index (χ3v) is 5.38. The lowest BCUT2D eigenvalue weighted by molar-refractivity contribution is 0.278. The van der Waals surface area contributed by atoms with Crippen LogP contribution in [-0.4, -0.2) is 49.0 Å². The van der Waals surface area contributed by atoms with Gasteiger partial charge in [-0.05, 0) is 26.7 Å². The first-order chi connectivity index (χ1) is 7.76. The molecule has 0 aromatic heterocycles. The van der Waals surface area contributed by atoms with Crippen molar-refractivity contribution in [2.24, 2.45) is 11.7 Å². The summed E-state index contributed by atoms with van der Waals surface area (Å²) in [5.41, 5.74) is 5.46. The third kappa shape index (κ3) is 3.17. The fraction of sp³-hybridized carbons (Fsp3) is 0.900. The van der Waals surface area contributed by atoms with Crippen molar-refractivity contribution in [3.8, 4) is 0 Å². The first-order valence-electron chi connectivity index (χ1n) is 5.83. The number of amidine groups is 1. The smallest absolute Gasteiger partial charge is 0.281 e. The van der Waals surface area contributed by atoms with Crippen LogP contribution in [0.2, 0.25) is 0 Å². The maximum atomic E-state index is 12.2. The van der Waals surface area contributed by atoms with Gasteiger partial charge in [0.25, 0.3) is 10.2 Å². The summed E-state index contributed by atoms with van der Waals surface area (Å²) in [5, 5.41) is 7.42. The summed E-state index contributed by atoms with van der Waals surface area (Å²) in [6.45, 7) is 4.52. The van der Waals surface area contributed by atoms with E-state index in [0.717, 1.165) is 12.8 Å². The third-order valence-electron chi connectivity index (χ3n) is 3.24. The maximum absolute atomic E-state index is 12.2. The van der Waals surface area contributed by atoms with Crippen molar-refractivity contribution >= 4 is 16.0 Å². The fourth-order valence-electron chi connectivity index (χ4n) is 1.85. The van der Waals surface area contributed by atoms with E-state index in [1.807, 2.05) is 13.8 Å². The number of hydrogen-bond donors (Lipinski definition) is 2. The zero-order valence-electron chi connectivity index (χ0n) is 10.7. The molecule has 0 aliphatic carbocycles. The standard InChI is InChI=1S/C10H22N4O2S/c1-8(2)13(3)17(15,16)14-6-4-5-9(7-14)10(11)12/h8-9H,4-7H2,1-3H3,(H3,11,12). The van der Waals surface area contributed by atoms with Gasteiger partial charge in [0.15, 0.2) is 0 Å². The van der Waals surface area contributed by atoms with Crippen molar-refractivity contribution in [1.82, 2.24) is 8.61 Å². The number of hydrogen-bond acceptors (Lipinski definition) is 3. The summed E-state index contributed by atoms with van der Waals surface area (Å²) >= 11 is 0. The van der Waals surface area contributed by atoms with E-state index in [9.17, 15) is 8.42 Å². The Hall–Kier alpha value is -0.660. The number of rotatable bonds is 4. The van der Waals surface area contributed by atoms with E-state index < -0.39 is 10.2 Å². The van der Waals surface area contributed by atoms with Gasteiger partial charge in [0, 0.05) is 32.1 Å². The molecule has 1 atom stereocenters. The molecule has 0 aromatic rings. The maximum Gasteiger partial charge on any atom is 0.281 e. The summed E-state index contributed by atoms with van der Waals surface area (Å²) in [4.78, 5) is 0. The highest BCUT2D eigenvalue weighted by Crippen LogP contribution is 2.21. The van der Waals surface area contributed by atoms with Crippen LogP contribution < -0.4 is 5.73 Å². The molecule has 1 aliphatic heterocycles. The van der Waals surface area contributed by atoms with E-state index in [1.54, 1.807) is 7.05 Å². The van der Waals surface area contributed by atoms with Gasteiger partial charge in [-0.1, -0.05) is 0 Å². The SMILES string of the molecule is CC(C)N(C)S(=O)(=O)N1CCCC(C(=N)N)C1. The van der Waals surface area contributed by atoms with Gasteiger partial charge in [0.05, 0.1) is 5.84 Å². The van der Waals surface area contributed by atoms with Crippen LogP contribution in [0, 0.1) is 11.3 Å². The van der Waals surface area contributed by atoms with E-state index >= 15 is 0 Å². The molecule has 1 saturated heterocycles. The van der Waals surface area contributed by atoms with Crippen LogP contribution in [0.1, 0.15) is 26.7 Å². The van der Waals surface area contributed by atoms with Gasteiger partial charge in [-0.3, -0.25) is 5.41 Å². The monoisotopic (exact) mass is 262 g/mol. The molecule has 0 bridgehead atoms. The molecule has 0 radical (unpaired) electrons. The van der Waals surface area contributed by atoms with Gasteiger partial charge in [-0.2, -0.15) is 17.0 Å². The number of piperidine rings is 1. The van der Waals surface area contributed by atoms with Crippen molar-refractivity contribution in [2.45, 2.75) is 32.7 Å². The average molecular weight is 262 g/mol. The minimum Gasteiger partial charge on any atom is -0.387 e. The zero-order chi connectivity index (χ0) is 13.2. The lowest BCUT2D eigenvalue weighted by Crippen LogP contribution is -2.50. The highest BCUT2D eigenvalue weighted by molar-refractivity contribution is 7.86. The van der Waals surface area contributed by atoms with Crippen molar-refractivity contribution in [3.63, 3.8) is 0 Å². The van der Waals surface area contributed by atoms with Gasteiger partial charge in [0.1, 0.15) is 0 Å². The van der Waals surface area contributed by atoms with Crippen LogP contribution in [0.25, 0.3) is 0 Å². The van der Waals surface area contributed by atoms with Gasteiger partial charge < -0.3 is 5.73 Å². The molecule has 1 unspecified atom stereocenters. The van der Waals surface area contributed by atoms with Crippen LogP contribution in [0.15, 0.2) is 0 Å². The summed E-state index contributed by atoms with van der Waals surface area (Å²) in [6.07, 6.45) is 1.56. The van der Waals surface area contributed by atoms with Gasteiger partial charge in [-0.25, -0.2) is 0 Å². The first kappa shape index (κ1) is 14.4. The van der Waals surface area contributed by atoms with Crippen LogP contribution >= 0.6 is 0 Å². The molecule has 0 amide bonds. The summed E-state index contributed by atoms with van der Waals surface area (Å²) < 4.78 is 27.3. The van der Waals surface area contributed by atoms with Crippen molar-refractivity contribution in [3.05, 3.63) is 0 Å². The first-order valence-corrected chi connectivity index (χ1v) is 7.23. The Labute approximate surface area is 103 Å². The second-order valence-corrected chi connectivity index (χ2v) is 6.76. The molecule has 3 N–H and O–H groups in total. The van der Waals surface area contributed by atoms with E-state index in [2.05, 4.69) is 0 Å². The largest absolute Gasteiger partial charge is 0.387 e. The van der Waals surface area contributed by atoms with Crippen molar-refractivity contribution < 1.29 is 8.42 Å². The van der Waals surface area contributed by atoms with Gasteiger partial charge in [0.2, 0.25) is 0 Å². The molecule has 6 nitrogen and oxygen atoms in total. The minimum atomic E-state index is -3.41. The van der Waals surface area contributed by atoms with E-state index in [4.69, 9.17) is 11.1 Å². The molecule has 0 spiro atoms. The number of nitrogens with two attached hydrogens (primary N) is 1. The van der Waals surface area contributed by atoms with E-state index in [-0.39, 0.29) is 17.8 Å². The Morgan fingerprint density at radius 1 is 1.53 bits per heavy atom. The predicted octanol–water partition coefficient (Wildman–Crippen LogP) is 0.219. The van der Waals surface area contributed by atoms with Crippen LogP contribution in [-0.2, 0) is 10.2 Å². The highest BCUT2D eigenvalue weighted by Gasteiger charge is 2.33. The average Bonchev–Trinajstić information content (AvgIpc) is 2.28. The second kappa shape index (κ2) is 5.32. The van der Waals surface area contributed by atoms with Crippen LogP contribution in [0.5, 0.6) is 0 Å². The fourth-order valence-corrected chi connectivity index (χ4v) is 3.48. The Morgan fingerprint density at radius 3 is 2.59 bits per heavy atom. The summed E-state index contributed by atoms with van der Waals surface area (Å²) in [7, 11) is -1.83. The second-order valence-electron chi connectivity index (χ2n) is 4.77. The zero-order valence-corrected chi connectivity index (χ0v) is 11.5. The Morgan fingerprint density at radius 2 is 2.12 bits per heavy atom. The van der Waals surface area contributed by atoms with Crippen LogP contribution in [0.3, 0.4) is 0 Å². The topological polar surface area (TPSA) is 90.5 Å². The normalized spacial score (nSPS) is 23.2. The summed E-state index contributed by atoms with van der Waals surface area (Å²) in [6, 6.07) is -0.0716. The van der Waals surface area contributed by atoms with Gasteiger partial charge >= 0.3 is 0 Å². The minimum absolute atomic E-state index is 0.0716. The Bertz CT molecular complexity index is 380. The quantitative estimate of drug-likeness (QED) is 0.561. The molecule has 100 valence electrons. The summed E-state index contributed by atoms with van der Waals surface area (Å²) in [5.74, 6) is -0.0591. The van der Waals surface area contributed by atoms with E-state index in [0.29, 0.717) is 13.1 Å². The number of nitrogens with zero attached hydrogens (tertiary/aromatic N) is 2. The molecule has 1 rings (SSSR count). The lowest BCUT2D eigenvalue weighted by Gasteiger charge is -2.35. The molecular formula is C10H22N4O2S. The van der Waals surface area contributed by atoms with Crippen LogP contribution in [0.4, 0.5) is 0 Å². The molecular weight excluding hydrogens is 240 g/mol. The lowest BCUT2D eigenvalue weighted by atomic mass is 9.99. The van der Waals surface area contributed by atoms with Gasteiger partial charge in [-0.15, -0.1) is 0 Å². The molecule has 0 aromatic carbocycles.